The summed E-state index contributed by atoms with van der Waals surface area (Å²) in [6, 6.07) is 6.54. The molecule has 0 radical (unpaired) electrons. The predicted molar refractivity (Wildman–Crippen MR) is 77.9 cm³/mol. The zero-order valence-electron chi connectivity index (χ0n) is 9.99. The molecular weight excluding hydrogens is 298 g/mol. The van der Waals surface area contributed by atoms with E-state index in [1.165, 1.54) is 5.56 Å². The van der Waals surface area contributed by atoms with Gasteiger partial charge in [-0.15, -0.1) is 0 Å². The van der Waals surface area contributed by atoms with Gasteiger partial charge in [0.05, 0.1) is 0 Å². The van der Waals surface area contributed by atoms with Crippen molar-refractivity contribution in [2.75, 3.05) is 11.5 Å². The van der Waals surface area contributed by atoms with Crippen molar-refractivity contribution in [2.24, 2.45) is 5.73 Å². The molecule has 94 valence electrons. The first-order valence-electron chi connectivity index (χ1n) is 5.93. The number of nitrogens with two attached hydrogens (primary N) is 1. The minimum absolute atomic E-state index is 0.306. The molecule has 0 aromatic heterocycles. The molecule has 1 aliphatic heterocycles. The molecular formula is C13H18BrNOS. The lowest BCUT2D eigenvalue weighted by Crippen LogP contribution is -2.18. The van der Waals surface area contributed by atoms with E-state index >= 15 is 0 Å². The highest BCUT2D eigenvalue weighted by Gasteiger charge is 2.22. The first-order valence-corrected chi connectivity index (χ1v) is 7.88. The maximum absolute atomic E-state index is 5.90. The van der Waals surface area contributed by atoms with Gasteiger partial charge in [-0.05, 0) is 42.9 Å². The van der Waals surface area contributed by atoms with Crippen LogP contribution in [0.2, 0.25) is 0 Å². The van der Waals surface area contributed by atoms with Crippen LogP contribution in [0.1, 0.15) is 18.9 Å². The van der Waals surface area contributed by atoms with E-state index in [0.29, 0.717) is 12.1 Å². The molecule has 2 rings (SSSR count). The highest BCUT2D eigenvalue weighted by molar-refractivity contribution is 9.10. The van der Waals surface area contributed by atoms with Gasteiger partial charge in [-0.3, -0.25) is 0 Å². The third-order valence-electron chi connectivity index (χ3n) is 2.79. The second-order valence-electron chi connectivity index (χ2n) is 4.54. The fourth-order valence-corrected chi connectivity index (χ4v) is 3.43. The molecule has 2 unspecified atom stereocenters. The molecule has 0 saturated carbocycles. The molecule has 2 atom stereocenters. The molecule has 1 heterocycles. The monoisotopic (exact) mass is 315 g/mol. The lowest BCUT2D eigenvalue weighted by atomic mass is 10.1. The number of hydrogen-bond donors (Lipinski definition) is 1. The van der Waals surface area contributed by atoms with Crippen LogP contribution in [0.15, 0.2) is 22.7 Å². The molecule has 1 aromatic rings. The summed E-state index contributed by atoms with van der Waals surface area (Å²) in [4.78, 5) is 0. The maximum Gasteiger partial charge on any atom is 0.123 e. The van der Waals surface area contributed by atoms with Crippen LogP contribution in [0.4, 0.5) is 0 Å². The summed E-state index contributed by atoms with van der Waals surface area (Å²) in [6.45, 7) is 2.06. The molecule has 1 aliphatic rings. The molecule has 1 aromatic carbocycles. The minimum atomic E-state index is 0.306. The molecule has 4 heteroatoms. The quantitative estimate of drug-likeness (QED) is 0.847. The number of ether oxygens (including phenoxy) is 1. The Morgan fingerprint density at radius 1 is 1.59 bits per heavy atom. The van der Waals surface area contributed by atoms with Gasteiger partial charge in [0.25, 0.3) is 0 Å². The predicted octanol–water partition coefficient (Wildman–Crippen LogP) is 3.22. The normalized spacial score (nSPS) is 19.8. The highest BCUT2D eigenvalue weighted by atomic mass is 79.9. The van der Waals surface area contributed by atoms with Gasteiger partial charge in [0, 0.05) is 22.7 Å². The van der Waals surface area contributed by atoms with Crippen molar-refractivity contribution in [3.63, 3.8) is 0 Å². The molecule has 0 spiro atoms. The van der Waals surface area contributed by atoms with Crippen LogP contribution in [-0.2, 0) is 6.42 Å². The summed E-state index contributed by atoms with van der Waals surface area (Å²) in [5, 5.41) is 0. The van der Waals surface area contributed by atoms with Crippen LogP contribution < -0.4 is 10.5 Å². The summed E-state index contributed by atoms with van der Waals surface area (Å²) < 4.78 is 7.03. The van der Waals surface area contributed by atoms with Gasteiger partial charge in [0.15, 0.2) is 0 Å². The number of hydrogen-bond acceptors (Lipinski definition) is 3. The first-order chi connectivity index (χ1) is 8.15. The van der Waals surface area contributed by atoms with E-state index in [1.54, 1.807) is 0 Å². The van der Waals surface area contributed by atoms with Crippen LogP contribution in [0.25, 0.3) is 0 Å². The molecule has 0 saturated heterocycles. The summed E-state index contributed by atoms with van der Waals surface area (Å²) in [6.07, 6.45) is 2.44. The molecule has 0 fully saturated rings. The van der Waals surface area contributed by atoms with Gasteiger partial charge in [0.1, 0.15) is 11.9 Å². The van der Waals surface area contributed by atoms with Crippen LogP contribution in [0, 0.1) is 0 Å². The third kappa shape index (κ3) is 3.90. The van der Waals surface area contributed by atoms with E-state index in [1.807, 2.05) is 23.9 Å². The molecule has 0 aliphatic carbocycles. The van der Waals surface area contributed by atoms with Crippen molar-refractivity contribution in [3.05, 3.63) is 28.2 Å². The second-order valence-corrected chi connectivity index (χ2v) is 6.60. The molecule has 0 bridgehead atoms. The average molecular weight is 316 g/mol. The molecule has 17 heavy (non-hydrogen) atoms. The van der Waals surface area contributed by atoms with Gasteiger partial charge in [-0.1, -0.05) is 15.9 Å². The topological polar surface area (TPSA) is 35.2 Å². The van der Waals surface area contributed by atoms with Crippen molar-refractivity contribution in [1.29, 1.82) is 0 Å². The fraction of sp³-hybridized carbons (Fsp3) is 0.538. The van der Waals surface area contributed by atoms with E-state index in [-0.39, 0.29) is 0 Å². The van der Waals surface area contributed by atoms with Gasteiger partial charge in [-0.25, -0.2) is 0 Å². The lowest BCUT2D eigenvalue weighted by Gasteiger charge is -2.10. The van der Waals surface area contributed by atoms with Gasteiger partial charge >= 0.3 is 0 Å². The Labute approximate surface area is 115 Å². The van der Waals surface area contributed by atoms with Gasteiger partial charge < -0.3 is 10.5 Å². The smallest absolute Gasteiger partial charge is 0.123 e. The van der Waals surface area contributed by atoms with E-state index < -0.39 is 0 Å². The minimum Gasteiger partial charge on any atom is -0.489 e. The van der Waals surface area contributed by atoms with Crippen molar-refractivity contribution in [2.45, 2.75) is 31.9 Å². The molecule has 2 nitrogen and oxygen atoms in total. The van der Waals surface area contributed by atoms with Crippen LogP contribution in [0.5, 0.6) is 5.75 Å². The number of benzene rings is 1. The van der Waals surface area contributed by atoms with Crippen LogP contribution in [0.3, 0.4) is 0 Å². The summed E-state index contributed by atoms with van der Waals surface area (Å²) in [5.74, 6) is 3.22. The molecule has 0 amide bonds. The van der Waals surface area contributed by atoms with E-state index in [4.69, 9.17) is 10.5 Å². The average Bonchev–Trinajstić information content (AvgIpc) is 2.66. The van der Waals surface area contributed by atoms with Crippen molar-refractivity contribution in [1.82, 2.24) is 0 Å². The zero-order chi connectivity index (χ0) is 12.3. The molecule has 2 N–H and O–H groups in total. The Hall–Kier alpha value is -0.190. The number of rotatable bonds is 5. The van der Waals surface area contributed by atoms with Gasteiger partial charge in [0.2, 0.25) is 0 Å². The first kappa shape index (κ1) is 13.2. The Morgan fingerprint density at radius 2 is 2.41 bits per heavy atom. The maximum atomic E-state index is 5.90. The van der Waals surface area contributed by atoms with Crippen LogP contribution in [-0.4, -0.2) is 23.7 Å². The number of thioether (sulfide) groups is 1. The van der Waals surface area contributed by atoms with Gasteiger partial charge in [-0.2, -0.15) is 11.8 Å². The Balaban J connectivity index is 1.76. The largest absolute Gasteiger partial charge is 0.489 e. The fourth-order valence-electron chi connectivity index (χ4n) is 1.87. The SMILES string of the molecule is CC(N)CCSCC1Cc2cc(Br)ccc2O1. The standard InChI is InChI=1S/C13H18BrNOS/c1-9(15)4-5-17-8-12-7-10-6-11(14)2-3-13(10)16-12/h2-3,6,9,12H,4-5,7-8,15H2,1H3. The third-order valence-corrected chi connectivity index (χ3v) is 4.41. The number of halogens is 1. The van der Waals surface area contributed by atoms with E-state index in [9.17, 15) is 0 Å². The summed E-state index contributed by atoms with van der Waals surface area (Å²) in [7, 11) is 0. The van der Waals surface area contributed by atoms with Crippen LogP contribution >= 0.6 is 27.7 Å². The Morgan fingerprint density at radius 3 is 3.18 bits per heavy atom. The Kier molecular flexibility index (Phi) is 4.77. The highest BCUT2D eigenvalue weighted by Crippen LogP contribution is 2.32. The Bertz CT molecular complexity index is 384. The number of fused-ring (bicyclic) bond motifs is 1. The second kappa shape index (κ2) is 6.12. The van der Waals surface area contributed by atoms with Crippen molar-refractivity contribution < 1.29 is 4.74 Å². The zero-order valence-corrected chi connectivity index (χ0v) is 12.4. The van der Waals surface area contributed by atoms with Crippen molar-refractivity contribution >= 4 is 27.7 Å². The van der Waals surface area contributed by atoms with Crippen molar-refractivity contribution in [3.8, 4) is 5.75 Å². The van der Waals surface area contributed by atoms with E-state index in [0.717, 1.165) is 34.6 Å². The summed E-state index contributed by atoms with van der Waals surface area (Å²) in [5.41, 5.74) is 7.04. The van der Waals surface area contributed by atoms with E-state index in [2.05, 4.69) is 28.9 Å². The summed E-state index contributed by atoms with van der Waals surface area (Å²) >= 11 is 5.43. The lowest BCUT2D eigenvalue weighted by molar-refractivity contribution is 0.259.